The fourth-order valence-electron chi connectivity index (χ4n) is 3.66. The first-order valence-electron chi connectivity index (χ1n) is 9.71. The number of thioether (sulfide) groups is 1. The van der Waals surface area contributed by atoms with Gasteiger partial charge in [0.15, 0.2) is 0 Å². The molecule has 1 fully saturated rings. The van der Waals surface area contributed by atoms with Crippen molar-refractivity contribution in [1.82, 2.24) is 9.97 Å². The third-order valence-electron chi connectivity index (χ3n) is 5.21. The largest absolute Gasteiger partial charge is 0.361 e. The Bertz CT molecular complexity index is 1360. The minimum absolute atomic E-state index is 0.0639. The second-order valence-electron chi connectivity index (χ2n) is 7.15. The van der Waals surface area contributed by atoms with Crippen LogP contribution in [0.5, 0.6) is 0 Å². The molecule has 1 aliphatic rings. The third-order valence-corrected chi connectivity index (χ3v) is 6.39. The molecule has 150 valence electrons. The molecule has 4 aromatic rings. The van der Waals surface area contributed by atoms with Crippen molar-refractivity contribution in [3.63, 3.8) is 0 Å². The Kier molecular flexibility index (Phi) is 4.77. The van der Waals surface area contributed by atoms with E-state index in [0.717, 1.165) is 16.5 Å². The van der Waals surface area contributed by atoms with E-state index in [-0.39, 0.29) is 18.2 Å². The Morgan fingerprint density at radius 3 is 2.71 bits per heavy atom. The molecule has 31 heavy (non-hydrogen) atoms. The molecule has 2 aromatic carbocycles. The van der Waals surface area contributed by atoms with E-state index in [4.69, 9.17) is 0 Å². The summed E-state index contributed by atoms with van der Waals surface area (Å²) in [4.78, 5) is 34.8. The lowest BCUT2D eigenvalue weighted by molar-refractivity contribution is -0.121. The van der Waals surface area contributed by atoms with Crippen LogP contribution in [0.1, 0.15) is 12.0 Å². The van der Waals surface area contributed by atoms with E-state index in [0.29, 0.717) is 22.0 Å². The molecule has 2 aromatic heterocycles. The van der Waals surface area contributed by atoms with Gasteiger partial charge in [-0.05, 0) is 35.7 Å². The van der Waals surface area contributed by atoms with Gasteiger partial charge in [0.25, 0.3) is 0 Å². The Morgan fingerprint density at radius 1 is 1.06 bits per heavy atom. The van der Waals surface area contributed by atoms with Crippen LogP contribution in [0.2, 0.25) is 0 Å². The average Bonchev–Trinajstić information content (AvgIpc) is 3.37. The smallest absolute Gasteiger partial charge is 0.247 e. The maximum Gasteiger partial charge on any atom is 0.247 e. The minimum atomic E-state index is -0.627. The topological polar surface area (TPSA) is 89.8 Å². The van der Waals surface area contributed by atoms with Crippen molar-refractivity contribution in [2.45, 2.75) is 16.7 Å². The molecule has 1 atom stereocenters. The molecule has 0 aliphatic carbocycles. The van der Waals surface area contributed by atoms with Crippen molar-refractivity contribution >= 4 is 40.2 Å². The number of rotatable bonds is 4. The second-order valence-corrected chi connectivity index (χ2v) is 8.35. The molecular formula is C24H16N4O2S. The van der Waals surface area contributed by atoms with Crippen molar-refractivity contribution in [3.8, 4) is 17.3 Å². The van der Waals surface area contributed by atoms with Gasteiger partial charge in [-0.3, -0.25) is 9.59 Å². The number of pyridine rings is 1. The Hall–Kier alpha value is -3.89. The van der Waals surface area contributed by atoms with E-state index in [9.17, 15) is 14.9 Å². The zero-order chi connectivity index (χ0) is 21.4. The van der Waals surface area contributed by atoms with Gasteiger partial charge in [-0.1, -0.05) is 48.2 Å². The van der Waals surface area contributed by atoms with E-state index in [1.165, 1.54) is 16.7 Å². The first-order chi connectivity index (χ1) is 15.1. The molecule has 1 saturated heterocycles. The summed E-state index contributed by atoms with van der Waals surface area (Å²) in [7, 11) is 0. The van der Waals surface area contributed by atoms with Crippen LogP contribution in [0.4, 0.5) is 5.69 Å². The number of anilines is 1. The van der Waals surface area contributed by atoms with Crippen LogP contribution in [-0.4, -0.2) is 27.0 Å². The number of benzene rings is 2. The molecule has 1 unspecified atom stereocenters. The van der Waals surface area contributed by atoms with Crippen molar-refractivity contribution in [1.29, 1.82) is 5.26 Å². The molecule has 0 saturated carbocycles. The van der Waals surface area contributed by atoms with Crippen molar-refractivity contribution in [2.75, 3.05) is 4.90 Å². The summed E-state index contributed by atoms with van der Waals surface area (Å²) >= 11 is 1.17. The van der Waals surface area contributed by atoms with Crippen LogP contribution in [0, 0.1) is 11.3 Å². The standard InChI is InChI=1S/C24H16N4O2S/c25-14-17-7-9-19(15-4-2-1-3-5-15)27-23(17)31-21-13-22(29)28(24(21)30)18-8-6-16-10-11-26-20(16)12-18/h1-12,21,26H,13H2. The zero-order valence-electron chi connectivity index (χ0n) is 16.3. The molecule has 7 heteroatoms. The summed E-state index contributed by atoms with van der Waals surface area (Å²) in [6.07, 6.45) is 1.88. The Morgan fingerprint density at radius 2 is 1.90 bits per heavy atom. The lowest BCUT2D eigenvalue weighted by Gasteiger charge is -2.15. The fourth-order valence-corrected chi connectivity index (χ4v) is 4.76. The molecule has 0 bridgehead atoms. The van der Waals surface area contributed by atoms with Crippen LogP contribution < -0.4 is 4.90 Å². The number of hydrogen-bond acceptors (Lipinski definition) is 5. The van der Waals surface area contributed by atoms with Crippen LogP contribution in [0.15, 0.2) is 78.0 Å². The van der Waals surface area contributed by atoms with E-state index >= 15 is 0 Å². The quantitative estimate of drug-likeness (QED) is 0.486. The summed E-state index contributed by atoms with van der Waals surface area (Å²) in [5, 5.41) is 10.3. The molecular weight excluding hydrogens is 408 g/mol. The highest BCUT2D eigenvalue weighted by Gasteiger charge is 2.40. The zero-order valence-corrected chi connectivity index (χ0v) is 17.1. The van der Waals surface area contributed by atoms with Crippen molar-refractivity contribution < 1.29 is 9.59 Å². The molecule has 3 heterocycles. The predicted octanol–water partition coefficient (Wildman–Crippen LogP) is 4.53. The number of imide groups is 1. The van der Waals surface area contributed by atoms with Gasteiger partial charge in [0.2, 0.25) is 11.8 Å². The molecule has 1 N–H and O–H groups in total. The number of nitrogens with one attached hydrogen (secondary N) is 1. The number of H-pyrrole nitrogens is 1. The van der Waals surface area contributed by atoms with Gasteiger partial charge in [-0.25, -0.2) is 9.88 Å². The van der Waals surface area contributed by atoms with Gasteiger partial charge in [0.05, 0.1) is 22.2 Å². The SMILES string of the molecule is N#Cc1ccc(-c2ccccc2)nc1SC1CC(=O)N(c2ccc3cc[nH]c3c2)C1=O. The fraction of sp³-hybridized carbons (Fsp3) is 0.0833. The molecule has 2 amide bonds. The van der Waals surface area contributed by atoms with Gasteiger partial charge < -0.3 is 4.98 Å². The summed E-state index contributed by atoms with van der Waals surface area (Å²) in [6, 6.07) is 22.6. The van der Waals surface area contributed by atoms with Gasteiger partial charge >= 0.3 is 0 Å². The normalized spacial score (nSPS) is 16.1. The molecule has 1 aliphatic heterocycles. The third kappa shape index (κ3) is 3.47. The van der Waals surface area contributed by atoms with Gasteiger partial charge in [0.1, 0.15) is 11.1 Å². The van der Waals surface area contributed by atoms with E-state index in [1.54, 1.807) is 24.3 Å². The Labute approximate surface area is 182 Å². The van der Waals surface area contributed by atoms with Gasteiger partial charge in [-0.15, -0.1) is 0 Å². The summed E-state index contributed by atoms with van der Waals surface area (Å²) in [5.41, 5.74) is 3.42. The first kappa shape index (κ1) is 19.1. The Balaban J connectivity index is 1.44. The highest BCUT2D eigenvalue weighted by atomic mass is 32.2. The second kappa shape index (κ2) is 7.74. The number of carbonyl (C=O) groups is 2. The lowest BCUT2D eigenvalue weighted by atomic mass is 10.1. The van der Waals surface area contributed by atoms with Gasteiger partial charge in [-0.2, -0.15) is 5.26 Å². The number of carbonyl (C=O) groups excluding carboxylic acids is 2. The first-order valence-corrected chi connectivity index (χ1v) is 10.6. The van der Waals surface area contributed by atoms with Gasteiger partial charge in [0, 0.05) is 23.7 Å². The number of amides is 2. The average molecular weight is 424 g/mol. The molecule has 0 radical (unpaired) electrons. The van der Waals surface area contributed by atoms with E-state index in [2.05, 4.69) is 16.0 Å². The molecule has 0 spiro atoms. The maximum absolute atomic E-state index is 13.1. The summed E-state index contributed by atoms with van der Waals surface area (Å²) in [6.45, 7) is 0. The van der Waals surface area contributed by atoms with Crippen molar-refractivity contribution in [2.24, 2.45) is 0 Å². The van der Waals surface area contributed by atoms with Crippen LogP contribution >= 0.6 is 11.8 Å². The van der Waals surface area contributed by atoms with Crippen LogP contribution in [0.3, 0.4) is 0 Å². The number of aromatic amines is 1. The molecule has 6 nitrogen and oxygen atoms in total. The predicted molar refractivity (Wildman–Crippen MR) is 119 cm³/mol. The number of aromatic nitrogens is 2. The monoisotopic (exact) mass is 424 g/mol. The lowest BCUT2D eigenvalue weighted by Crippen LogP contribution is -2.31. The number of nitrogens with zero attached hydrogens (tertiary/aromatic N) is 3. The minimum Gasteiger partial charge on any atom is -0.361 e. The number of hydrogen-bond donors (Lipinski definition) is 1. The number of fused-ring (bicyclic) bond motifs is 1. The maximum atomic E-state index is 13.1. The summed E-state index contributed by atoms with van der Waals surface area (Å²) in [5.74, 6) is -0.553. The van der Waals surface area contributed by atoms with Crippen LogP contribution in [0.25, 0.3) is 22.2 Å². The number of nitriles is 1. The molecule has 5 rings (SSSR count). The highest BCUT2D eigenvalue weighted by Crippen LogP contribution is 2.36. The van der Waals surface area contributed by atoms with E-state index in [1.807, 2.05) is 48.7 Å². The highest BCUT2D eigenvalue weighted by molar-refractivity contribution is 8.00. The van der Waals surface area contributed by atoms with E-state index < -0.39 is 5.25 Å². The van der Waals surface area contributed by atoms with Crippen LogP contribution in [-0.2, 0) is 9.59 Å². The van der Waals surface area contributed by atoms with Crippen molar-refractivity contribution in [3.05, 3.63) is 78.5 Å². The summed E-state index contributed by atoms with van der Waals surface area (Å²) < 4.78 is 0.